The van der Waals surface area contributed by atoms with Gasteiger partial charge in [0.15, 0.2) is 5.96 Å². The van der Waals surface area contributed by atoms with Gasteiger partial charge >= 0.3 is 0 Å². The van der Waals surface area contributed by atoms with Crippen molar-refractivity contribution in [2.75, 3.05) is 19.7 Å². The van der Waals surface area contributed by atoms with Crippen molar-refractivity contribution in [1.82, 2.24) is 16.0 Å². The van der Waals surface area contributed by atoms with Crippen LogP contribution < -0.4 is 16.0 Å². The van der Waals surface area contributed by atoms with Crippen molar-refractivity contribution >= 4 is 11.9 Å². The van der Waals surface area contributed by atoms with Crippen LogP contribution in [0.5, 0.6) is 0 Å². The molecule has 2 aliphatic rings. The van der Waals surface area contributed by atoms with Crippen LogP contribution in [-0.2, 0) is 9.53 Å². The number of amides is 1. The van der Waals surface area contributed by atoms with Crippen molar-refractivity contribution < 1.29 is 9.53 Å². The molecule has 2 atom stereocenters. The topological polar surface area (TPSA) is 74.8 Å². The van der Waals surface area contributed by atoms with Gasteiger partial charge in [-0.2, -0.15) is 0 Å². The van der Waals surface area contributed by atoms with E-state index in [2.05, 4.69) is 27.9 Å². The molecule has 1 saturated carbocycles. The van der Waals surface area contributed by atoms with Gasteiger partial charge in [-0.15, -0.1) is 0 Å². The van der Waals surface area contributed by atoms with Crippen molar-refractivity contribution in [1.29, 1.82) is 0 Å². The van der Waals surface area contributed by atoms with Gasteiger partial charge in [0.25, 0.3) is 0 Å². The summed E-state index contributed by atoms with van der Waals surface area (Å²) in [6.45, 7) is 5.68. The maximum atomic E-state index is 11.6. The summed E-state index contributed by atoms with van der Waals surface area (Å²) in [7, 11) is 0. The first kappa shape index (κ1) is 17.1. The molecule has 2 rings (SSSR count). The third-order valence-corrected chi connectivity index (χ3v) is 4.34. The Hall–Kier alpha value is -1.30. The van der Waals surface area contributed by atoms with Gasteiger partial charge in [-0.05, 0) is 39.5 Å². The molecule has 0 aromatic carbocycles. The summed E-state index contributed by atoms with van der Waals surface area (Å²) in [5.74, 6) is 0.695. The number of ether oxygens (including phenoxy) is 1. The molecular weight excluding hydrogens is 280 g/mol. The first-order valence-electron chi connectivity index (χ1n) is 8.65. The number of likely N-dealkylation sites (N-methyl/N-ethyl adjacent to an activating group) is 1. The van der Waals surface area contributed by atoms with Gasteiger partial charge in [0.1, 0.15) is 6.54 Å². The van der Waals surface area contributed by atoms with Crippen molar-refractivity contribution in [3.05, 3.63) is 0 Å². The van der Waals surface area contributed by atoms with Crippen LogP contribution in [-0.4, -0.2) is 49.8 Å². The smallest absolute Gasteiger partial charge is 0.241 e. The molecular formula is C16H30N4O2. The molecule has 0 radical (unpaired) electrons. The third-order valence-electron chi connectivity index (χ3n) is 4.34. The van der Waals surface area contributed by atoms with Crippen LogP contribution >= 0.6 is 0 Å². The average Bonchev–Trinajstić information content (AvgIpc) is 3.18. The average molecular weight is 310 g/mol. The molecule has 1 aliphatic heterocycles. The highest BCUT2D eigenvalue weighted by atomic mass is 16.5. The summed E-state index contributed by atoms with van der Waals surface area (Å²) in [5, 5.41) is 9.66. The SMILES string of the molecule is CCNC(=O)CN=C(NC1CCCC1)NC(C)C1CCCO1. The Bertz CT molecular complexity index is 374. The van der Waals surface area contributed by atoms with Gasteiger partial charge in [0.05, 0.1) is 12.1 Å². The Balaban J connectivity index is 1.90. The van der Waals surface area contributed by atoms with E-state index in [-0.39, 0.29) is 24.6 Å². The second kappa shape index (κ2) is 8.98. The fraction of sp³-hybridized carbons (Fsp3) is 0.875. The summed E-state index contributed by atoms with van der Waals surface area (Å²) >= 11 is 0. The number of hydrogen-bond donors (Lipinski definition) is 3. The first-order chi connectivity index (χ1) is 10.7. The molecule has 1 heterocycles. The molecule has 0 spiro atoms. The maximum Gasteiger partial charge on any atom is 0.241 e. The Kier molecular flexibility index (Phi) is 6.96. The van der Waals surface area contributed by atoms with E-state index >= 15 is 0 Å². The van der Waals surface area contributed by atoms with Crippen LogP contribution in [0.2, 0.25) is 0 Å². The van der Waals surface area contributed by atoms with E-state index in [9.17, 15) is 4.79 Å². The van der Waals surface area contributed by atoms with Crippen molar-refractivity contribution in [3.8, 4) is 0 Å². The Morgan fingerprint density at radius 2 is 2.05 bits per heavy atom. The molecule has 0 bridgehead atoms. The van der Waals surface area contributed by atoms with Crippen molar-refractivity contribution in [2.24, 2.45) is 4.99 Å². The molecule has 1 saturated heterocycles. The van der Waals surface area contributed by atoms with Gasteiger partial charge in [-0.25, -0.2) is 4.99 Å². The highest BCUT2D eigenvalue weighted by molar-refractivity contribution is 5.85. The van der Waals surface area contributed by atoms with Crippen LogP contribution in [0.3, 0.4) is 0 Å². The fourth-order valence-electron chi connectivity index (χ4n) is 3.11. The monoisotopic (exact) mass is 310 g/mol. The van der Waals surface area contributed by atoms with Crippen molar-refractivity contribution in [3.63, 3.8) is 0 Å². The third kappa shape index (κ3) is 5.48. The second-order valence-electron chi connectivity index (χ2n) is 6.23. The highest BCUT2D eigenvalue weighted by Gasteiger charge is 2.24. The number of aliphatic imine (C=N–C) groups is 1. The number of guanidine groups is 1. The van der Waals surface area contributed by atoms with Crippen molar-refractivity contribution in [2.45, 2.75) is 70.6 Å². The van der Waals surface area contributed by atoms with Gasteiger partial charge in [-0.3, -0.25) is 4.79 Å². The van der Waals surface area contributed by atoms with Gasteiger partial charge in [-0.1, -0.05) is 12.8 Å². The lowest BCUT2D eigenvalue weighted by Gasteiger charge is -2.24. The van der Waals surface area contributed by atoms with E-state index in [1.165, 1.54) is 25.7 Å². The van der Waals surface area contributed by atoms with Crippen LogP contribution in [0.25, 0.3) is 0 Å². The number of rotatable bonds is 6. The summed E-state index contributed by atoms with van der Waals surface area (Å²) in [6.07, 6.45) is 7.33. The molecule has 2 unspecified atom stereocenters. The molecule has 0 aromatic heterocycles. The number of nitrogens with zero attached hydrogens (tertiary/aromatic N) is 1. The number of nitrogens with one attached hydrogen (secondary N) is 3. The van der Waals surface area contributed by atoms with Crippen LogP contribution in [0.15, 0.2) is 4.99 Å². The molecule has 0 aromatic rings. The summed E-state index contributed by atoms with van der Waals surface area (Å²) < 4.78 is 5.73. The van der Waals surface area contributed by atoms with Gasteiger partial charge in [0, 0.05) is 19.2 Å². The van der Waals surface area contributed by atoms with E-state index in [0.29, 0.717) is 12.6 Å². The molecule has 1 aliphatic carbocycles. The van der Waals surface area contributed by atoms with E-state index in [4.69, 9.17) is 4.74 Å². The zero-order valence-corrected chi connectivity index (χ0v) is 13.9. The molecule has 6 heteroatoms. The lowest BCUT2D eigenvalue weighted by atomic mass is 10.1. The first-order valence-corrected chi connectivity index (χ1v) is 8.65. The normalized spacial score (nSPS) is 24.3. The largest absolute Gasteiger partial charge is 0.376 e. The van der Waals surface area contributed by atoms with E-state index < -0.39 is 0 Å². The lowest BCUT2D eigenvalue weighted by Crippen LogP contribution is -2.49. The van der Waals surface area contributed by atoms with E-state index in [1.54, 1.807) is 0 Å². The molecule has 2 fully saturated rings. The fourth-order valence-corrected chi connectivity index (χ4v) is 3.11. The Morgan fingerprint density at radius 1 is 1.27 bits per heavy atom. The van der Waals surface area contributed by atoms with Gasteiger partial charge < -0.3 is 20.7 Å². The minimum atomic E-state index is -0.0419. The second-order valence-corrected chi connectivity index (χ2v) is 6.23. The molecule has 22 heavy (non-hydrogen) atoms. The molecule has 1 amide bonds. The Labute approximate surface area is 133 Å². The predicted molar refractivity (Wildman–Crippen MR) is 87.9 cm³/mol. The van der Waals surface area contributed by atoms with Crippen LogP contribution in [0, 0.1) is 0 Å². The quantitative estimate of drug-likeness (QED) is 0.508. The maximum absolute atomic E-state index is 11.6. The van der Waals surface area contributed by atoms with Gasteiger partial charge in [0.2, 0.25) is 5.91 Å². The highest BCUT2D eigenvalue weighted by Crippen LogP contribution is 2.18. The van der Waals surface area contributed by atoms with Crippen LogP contribution in [0.1, 0.15) is 52.4 Å². The number of carbonyl (C=O) groups excluding carboxylic acids is 1. The molecule has 3 N–H and O–H groups in total. The molecule has 6 nitrogen and oxygen atoms in total. The zero-order valence-electron chi connectivity index (χ0n) is 13.9. The summed E-state index contributed by atoms with van der Waals surface area (Å²) in [5.41, 5.74) is 0. The summed E-state index contributed by atoms with van der Waals surface area (Å²) in [4.78, 5) is 16.1. The van der Waals surface area contributed by atoms with E-state index in [1.807, 2.05) is 6.92 Å². The minimum Gasteiger partial charge on any atom is -0.376 e. The standard InChI is InChI=1S/C16H30N4O2/c1-3-17-15(21)11-18-16(20-13-7-4-5-8-13)19-12(2)14-9-6-10-22-14/h12-14H,3-11H2,1-2H3,(H,17,21)(H2,18,19,20). The predicted octanol–water partition coefficient (Wildman–Crippen LogP) is 1.17. The van der Waals surface area contributed by atoms with Crippen LogP contribution in [0.4, 0.5) is 0 Å². The minimum absolute atomic E-state index is 0.0419. The Morgan fingerprint density at radius 3 is 2.68 bits per heavy atom. The number of carbonyl (C=O) groups is 1. The summed E-state index contributed by atoms with van der Waals surface area (Å²) in [6, 6.07) is 0.668. The molecule has 126 valence electrons. The zero-order chi connectivity index (χ0) is 15.8. The van der Waals surface area contributed by atoms with E-state index in [0.717, 1.165) is 25.4 Å². The lowest BCUT2D eigenvalue weighted by molar-refractivity contribution is -0.119. The number of hydrogen-bond acceptors (Lipinski definition) is 3.